The Morgan fingerprint density at radius 3 is 2.95 bits per heavy atom. The third kappa shape index (κ3) is 2.91. The van der Waals surface area contributed by atoms with Gasteiger partial charge in [-0.15, -0.1) is 0 Å². The van der Waals surface area contributed by atoms with Crippen molar-refractivity contribution in [3.05, 3.63) is 34.9 Å². The molecule has 110 valence electrons. The summed E-state index contributed by atoms with van der Waals surface area (Å²) in [6.45, 7) is 5.74. The molecule has 20 heavy (non-hydrogen) atoms. The van der Waals surface area contributed by atoms with Gasteiger partial charge in [0.25, 0.3) is 0 Å². The first-order valence-corrected chi connectivity index (χ1v) is 8.26. The SMILES string of the molecule is CC1CCCCC1N(C)Cc1cccc2c1CCNC2. The van der Waals surface area contributed by atoms with Gasteiger partial charge in [0.1, 0.15) is 0 Å². The van der Waals surface area contributed by atoms with E-state index in [2.05, 4.69) is 42.4 Å². The van der Waals surface area contributed by atoms with Gasteiger partial charge in [0.15, 0.2) is 0 Å². The lowest BCUT2D eigenvalue weighted by atomic mass is 9.84. The third-order valence-corrected chi connectivity index (χ3v) is 5.29. The number of benzene rings is 1. The predicted molar refractivity (Wildman–Crippen MR) is 84.7 cm³/mol. The van der Waals surface area contributed by atoms with Gasteiger partial charge in [0.05, 0.1) is 0 Å². The van der Waals surface area contributed by atoms with Crippen LogP contribution in [0.5, 0.6) is 0 Å². The van der Waals surface area contributed by atoms with Crippen molar-refractivity contribution in [2.75, 3.05) is 13.6 Å². The van der Waals surface area contributed by atoms with E-state index in [-0.39, 0.29) is 0 Å². The van der Waals surface area contributed by atoms with Crippen molar-refractivity contribution in [2.24, 2.45) is 5.92 Å². The second-order valence-corrected chi connectivity index (χ2v) is 6.73. The quantitative estimate of drug-likeness (QED) is 0.908. The Kier molecular flexibility index (Phi) is 4.42. The largest absolute Gasteiger partial charge is 0.312 e. The maximum atomic E-state index is 3.48. The van der Waals surface area contributed by atoms with Gasteiger partial charge in [-0.2, -0.15) is 0 Å². The number of hydrogen-bond donors (Lipinski definition) is 1. The van der Waals surface area contributed by atoms with Crippen LogP contribution >= 0.6 is 0 Å². The van der Waals surface area contributed by atoms with Crippen molar-refractivity contribution in [3.8, 4) is 0 Å². The minimum Gasteiger partial charge on any atom is -0.312 e. The summed E-state index contributed by atoms with van der Waals surface area (Å²) < 4.78 is 0. The highest BCUT2D eigenvalue weighted by molar-refractivity contribution is 5.37. The lowest BCUT2D eigenvalue weighted by Gasteiger charge is -2.37. The normalized spacial score (nSPS) is 26.6. The molecule has 0 bridgehead atoms. The Morgan fingerprint density at radius 1 is 1.25 bits per heavy atom. The maximum Gasteiger partial charge on any atom is 0.0236 e. The molecule has 0 aromatic heterocycles. The molecule has 1 saturated carbocycles. The molecular weight excluding hydrogens is 244 g/mol. The molecule has 1 aliphatic heterocycles. The summed E-state index contributed by atoms with van der Waals surface area (Å²) in [6, 6.07) is 7.64. The van der Waals surface area contributed by atoms with Crippen LogP contribution in [0.4, 0.5) is 0 Å². The van der Waals surface area contributed by atoms with Crippen LogP contribution in [0.25, 0.3) is 0 Å². The summed E-state index contributed by atoms with van der Waals surface area (Å²) in [5.41, 5.74) is 4.68. The minimum atomic E-state index is 0.779. The minimum absolute atomic E-state index is 0.779. The monoisotopic (exact) mass is 272 g/mol. The molecule has 2 unspecified atom stereocenters. The van der Waals surface area contributed by atoms with Crippen LogP contribution in [-0.4, -0.2) is 24.5 Å². The Morgan fingerprint density at radius 2 is 2.10 bits per heavy atom. The van der Waals surface area contributed by atoms with Crippen molar-refractivity contribution < 1.29 is 0 Å². The molecule has 1 aromatic carbocycles. The lowest BCUT2D eigenvalue weighted by molar-refractivity contribution is 0.133. The standard InChI is InChI=1S/C18H28N2/c1-14-6-3-4-9-18(14)20(2)13-16-8-5-7-15-12-19-11-10-17(15)16/h5,7-8,14,18-19H,3-4,6,9-13H2,1-2H3. The van der Waals surface area contributed by atoms with Crippen LogP contribution < -0.4 is 5.32 Å². The molecule has 1 fully saturated rings. The Labute approximate surface area is 123 Å². The van der Waals surface area contributed by atoms with E-state index in [1.54, 1.807) is 11.1 Å². The molecule has 1 aliphatic carbocycles. The van der Waals surface area contributed by atoms with Crippen LogP contribution in [0.3, 0.4) is 0 Å². The van der Waals surface area contributed by atoms with E-state index < -0.39 is 0 Å². The van der Waals surface area contributed by atoms with Gasteiger partial charge < -0.3 is 5.32 Å². The lowest BCUT2D eigenvalue weighted by Crippen LogP contribution is -2.38. The van der Waals surface area contributed by atoms with Crippen LogP contribution in [0.1, 0.15) is 49.3 Å². The van der Waals surface area contributed by atoms with Gasteiger partial charge >= 0.3 is 0 Å². The molecule has 2 aliphatic rings. The number of rotatable bonds is 3. The third-order valence-electron chi connectivity index (χ3n) is 5.29. The first-order valence-electron chi connectivity index (χ1n) is 8.26. The molecule has 0 radical (unpaired) electrons. The zero-order chi connectivity index (χ0) is 13.9. The highest BCUT2D eigenvalue weighted by Gasteiger charge is 2.25. The molecular formula is C18H28N2. The summed E-state index contributed by atoms with van der Waals surface area (Å²) >= 11 is 0. The second-order valence-electron chi connectivity index (χ2n) is 6.73. The summed E-state index contributed by atoms with van der Waals surface area (Å²) in [5.74, 6) is 0.856. The fourth-order valence-electron chi connectivity index (χ4n) is 4.10. The molecule has 3 rings (SSSR count). The van der Waals surface area contributed by atoms with Gasteiger partial charge in [-0.1, -0.05) is 38.0 Å². The predicted octanol–water partition coefficient (Wildman–Crippen LogP) is 3.34. The number of hydrogen-bond acceptors (Lipinski definition) is 2. The number of fused-ring (bicyclic) bond motifs is 1. The smallest absolute Gasteiger partial charge is 0.0236 e. The molecule has 0 amide bonds. The zero-order valence-corrected chi connectivity index (χ0v) is 13.0. The molecule has 1 N–H and O–H groups in total. The summed E-state index contributed by atoms with van der Waals surface area (Å²) in [7, 11) is 2.33. The summed E-state index contributed by atoms with van der Waals surface area (Å²) in [6.07, 6.45) is 6.83. The van der Waals surface area contributed by atoms with Crippen LogP contribution in [0, 0.1) is 5.92 Å². The second kappa shape index (κ2) is 6.28. The van der Waals surface area contributed by atoms with Gasteiger partial charge in [-0.3, -0.25) is 4.90 Å². The topological polar surface area (TPSA) is 15.3 Å². The first-order chi connectivity index (χ1) is 9.75. The molecule has 2 atom stereocenters. The molecule has 1 aromatic rings. The number of nitrogens with zero attached hydrogens (tertiary/aromatic N) is 1. The highest BCUT2D eigenvalue weighted by Crippen LogP contribution is 2.29. The van der Waals surface area contributed by atoms with Crippen molar-refractivity contribution in [3.63, 3.8) is 0 Å². The molecule has 2 heteroatoms. The van der Waals surface area contributed by atoms with Gasteiger partial charge in [-0.05, 0) is 55.5 Å². The van der Waals surface area contributed by atoms with E-state index in [1.807, 2.05) is 0 Å². The fourth-order valence-corrected chi connectivity index (χ4v) is 4.10. The molecule has 2 nitrogen and oxygen atoms in total. The van der Waals surface area contributed by atoms with Crippen molar-refractivity contribution >= 4 is 0 Å². The maximum absolute atomic E-state index is 3.48. The Bertz CT molecular complexity index is 455. The Hall–Kier alpha value is -0.860. The van der Waals surface area contributed by atoms with Gasteiger partial charge in [-0.25, -0.2) is 0 Å². The van der Waals surface area contributed by atoms with Crippen LogP contribution in [-0.2, 0) is 19.5 Å². The Balaban J connectivity index is 1.74. The fraction of sp³-hybridized carbons (Fsp3) is 0.667. The van der Waals surface area contributed by atoms with E-state index in [4.69, 9.17) is 0 Å². The van der Waals surface area contributed by atoms with Crippen molar-refractivity contribution in [2.45, 2.75) is 58.2 Å². The van der Waals surface area contributed by atoms with Crippen LogP contribution in [0.2, 0.25) is 0 Å². The number of nitrogens with one attached hydrogen (secondary N) is 1. The van der Waals surface area contributed by atoms with Crippen molar-refractivity contribution in [1.29, 1.82) is 0 Å². The summed E-state index contributed by atoms with van der Waals surface area (Å²) in [4.78, 5) is 2.61. The molecule has 0 saturated heterocycles. The first kappa shape index (κ1) is 14.1. The van der Waals surface area contributed by atoms with E-state index in [1.165, 1.54) is 37.7 Å². The van der Waals surface area contributed by atoms with E-state index in [0.717, 1.165) is 31.6 Å². The van der Waals surface area contributed by atoms with Gasteiger partial charge in [0, 0.05) is 19.1 Å². The van der Waals surface area contributed by atoms with E-state index >= 15 is 0 Å². The highest BCUT2D eigenvalue weighted by atomic mass is 15.1. The van der Waals surface area contributed by atoms with E-state index in [0.29, 0.717) is 0 Å². The average molecular weight is 272 g/mol. The molecule has 0 spiro atoms. The average Bonchev–Trinajstić information content (AvgIpc) is 2.48. The zero-order valence-electron chi connectivity index (χ0n) is 13.0. The van der Waals surface area contributed by atoms with Crippen molar-refractivity contribution in [1.82, 2.24) is 10.2 Å². The summed E-state index contributed by atoms with van der Waals surface area (Å²) in [5, 5.41) is 3.48. The van der Waals surface area contributed by atoms with E-state index in [9.17, 15) is 0 Å². The van der Waals surface area contributed by atoms with Gasteiger partial charge in [0.2, 0.25) is 0 Å². The molecule has 1 heterocycles. The van der Waals surface area contributed by atoms with Crippen LogP contribution in [0.15, 0.2) is 18.2 Å².